The van der Waals surface area contributed by atoms with Crippen LogP contribution in [0.15, 0.2) is 101 Å². The van der Waals surface area contributed by atoms with Crippen molar-refractivity contribution in [1.29, 1.82) is 0 Å². The first kappa shape index (κ1) is 42.5. The van der Waals surface area contributed by atoms with Crippen LogP contribution in [0.3, 0.4) is 0 Å². The minimum atomic E-state index is -0.331. The highest BCUT2D eigenvalue weighted by Crippen LogP contribution is 2.42. The number of esters is 1. The summed E-state index contributed by atoms with van der Waals surface area (Å²) < 4.78 is 34.8. The maximum atomic E-state index is 14.0. The average molecular weight is 852 g/mol. The number of aliphatic imine (C=N–C) groups is 2. The second-order valence-corrected chi connectivity index (χ2v) is 15.3. The SMILES string of the molecule is C=Nc1cc(OCc2cc(COc3cc4c(cc3OC)C(=O)N3c5ccccc5C[C@H]3C=N4)cc(N(C)CCOCCC(=O)OC)c2)c(OC)cc1C(=O)N1CCc2ccccc21. The van der Waals surface area contributed by atoms with Crippen LogP contribution in [0.4, 0.5) is 28.4 Å². The molecule has 14 heteroatoms. The van der Waals surface area contributed by atoms with Gasteiger partial charge in [0, 0.05) is 62.0 Å². The van der Waals surface area contributed by atoms with Crippen LogP contribution >= 0.6 is 0 Å². The molecule has 2 amide bonds. The third-order valence-corrected chi connectivity index (χ3v) is 11.5. The van der Waals surface area contributed by atoms with Crippen LogP contribution in [0, 0.1) is 0 Å². The van der Waals surface area contributed by atoms with Gasteiger partial charge in [-0.1, -0.05) is 36.4 Å². The van der Waals surface area contributed by atoms with Crippen molar-refractivity contribution in [3.05, 3.63) is 124 Å². The largest absolute Gasteiger partial charge is 0.493 e. The molecule has 5 aromatic rings. The van der Waals surface area contributed by atoms with Crippen molar-refractivity contribution in [2.75, 3.05) is 69.4 Å². The lowest BCUT2D eigenvalue weighted by atomic mass is 10.1. The van der Waals surface area contributed by atoms with E-state index in [1.54, 1.807) is 41.2 Å². The third kappa shape index (κ3) is 8.93. The van der Waals surface area contributed by atoms with E-state index in [1.165, 1.54) is 14.2 Å². The molecule has 63 heavy (non-hydrogen) atoms. The third-order valence-electron chi connectivity index (χ3n) is 11.5. The van der Waals surface area contributed by atoms with Crippen LogP contribution in [-0.2, 0) is 40.3 Å². The van der Waals surface area contributed by atoms with Crippen LogP contribution in [0.1, 0.15) is 49.4 Å². The molecule has 0 fully saturated rings. The Kier molecular flexibility index (Phi) is 12.7. The van der Waals surface area contributed by atoms with Gasteiger partial charge in [0.15, 0.2) is 23.0 Å². The van der Waals surface area contributed by atoms with E-state index in [4.69, 9.17) is 33.4 Å². The van der Waals surface area contributed by atoms with E-state index in [-0.39, 0.29) is 50.1 Å². The number of methoxy groups -OCH3 is 3. The molecule has 8 rings (SSSR count). The molecule has 0 unspecified atom stereocenters. The maximum absolute atomic E-state index is 14.0. The summed E-state index contributed by atoms with van der Waals surface area (Å²) in [5, 5.41) is 0. The smallest absolute Gasteiger partial charge is 0.307 e. The molecule has 3 heterocycles. The van der Waals surface area contributed by atoms with Crippen molar-refractivity contribution in [3.8, 4) is 23.0 Å². The lowest BCUT2D eigenvalue weighted by Gasteiger charge is -2.23. The van der Waals surface area contributed by atoms with Crippen molar-refractivity contribution < 1.29 is 42.8 Å². The van der Waals surface area contributed by atoms with Gasteiger partial charge < -0.3 is 38.2 Å². The number of amides is 2. The molecule has 0 saturated carbocycles. The van der Waals surface area contributed by atoms with Gasteiger partial charge in [0.1, 0.15) is 13.2 Å². The summed E-state index contributed by atoms with van der Waals surface area (Å²) in [6, 6.07) is 28.4. The summed E-state index contributed by atoms with van der Waals surface area (Å²) >= 11 is 0. The first-order valence-electron chi connectivity index (χ1n) is 20.7. The fraction of sp³-hybridized carbons (Fsp3) is 0.286. The highest BCUT2D eigenvalue weighted by molar-refractivity contribution is 6.15. The van der Waals surface area contributed by atoms with Gasteiger partial charge >= 0.3 is 5.97 Å². The second-order valence-electron chi connectivity index (χ2n) is 15.3. The van der Waals surface area contributed by atoms with Crippen LogP contribution in [-0.4, -0.2) is 91.4 Å². The normalized spacial score (nSPS) is 14.5. The van der Waals surface area contributed by atoms with Crippen molar-refractivity contribution in [2.45, 2.75) is 38.5 Å². The van der Waals surface area contributed by atoms with Gasteiger partial charge in [0.2, 0.25) is 0 Å². The van der Waals surface area contributed by atoms with Crippen molar-refractivity contribution in [2.24, 2.45) is 9.98 Å². The molecule has 3 aliphatic heterocycles. The number of rotatable bonds is 17. The maximum Gasteiger partial charge on any atom is 0.307 e. The number of hydrogen-bond donors (Lipinski definition) is 0. The minimum Gasteiger partial charge on any atom is -0.493 e. The standard InChI is InChI=1S/C49H49N5O9/c1-50-39-26-45(43(58-3)24-37(39)48(56)53-16-14-33-10-6-8-12-41(33)53)62-29-31-20-32(22-35(21-31)52(2)17-19-61-18-15-47(55)60-5)30-63-46-27-40-38(25-44(46)59-4)49(57)54-36(28-51-40)23-34-11-7-9-13-42(34)54/h6-13,20-22,24-28,36H,1,14-19,23,29-30H2,2-5H3/t36-/m0/s1. The Labute approximate surface area is 366 Å². The summed E-state index contributed by atoms with van der Waals surface area (Å²) in [7, 11) is 6.37. The molecule has 0 N–H and O–H groups in total. The molecule has 0 bridgehead atoms. The van der Waals surface area contributed by atoms with Crippen molar-refractivity contribution >= 4 is 59.2 Å². The van der Waals surface area contributed by atoms with Gasteiger partial charge in [-0.25, -0.2) is 0 Å². The molecular formula is C49H49N5O9. The first-order chi connectivity index (χ1) is 30.7. The molecule has 0 spiro atoms. The summed E-state index contributed by atoms with van der Waals surface area (Å²) in [6.45, 7) is 5.74. The summed E-state index contributed by atoms with van der Waals surface area (Å²) in [5.41, 5.74) is 8.15. The molecule has 0 saturated heterocycles. The van der Waals surface area contributed by atoms with E-state index in [0.717, 1.165) is 45.7 Å². The molecule has 324 valence electrons. The minimum absolute atomic E-state index is 0.129. The number of likely N-dealkylation sites (N-methyl/N-ethyl adjacent to an activating group) is 1. The van der Waals surface area contributed by atoms with E-state index in [0.29, 0.717) is 71.6 Å². The Hall–Kier alpha value is -7.19. The lowest BCUT2D eigenvalue weighted by Crippen LogP contribution is -2.37. The predicted molar refractivity (Wildman–Crippen MR) is 242 cm³/mol. The van der Waals surface area contributed by atoms with Gasteiger partial charge in [0.25, 0.3) is 11.8 Å². The summed E-state index contributed by atoms with van der Waals surface area (Å²) in [4.78, 5) is 54.0. The number of ether oxygens (including phenoxy) is 6. The van der Waals surface area contributed by atoms with Crippen molar-refractivity contribution in [1.82, 2.24) is 0 Å². The lowest BCUT2D eigenvalue weighted by molar-refractivity contribution is -0.141. The van der Waals surface area contributed by atoms with E-state index in [2.05, 4.69) is 11.7 Å². The molecule has 0 radical (unpaired) electrons. The zero-order valence-corrected chi connectivity index (χ0v) is 35.8. The monoisotopic (exact) mass is 851 g/mol. The van der Waals surface area contributed by atoms with Gasteiger partial charge in [-0.2, -0.15) is 0 Å². The molecule has 14 nitrogen and oxygen atoms in total. The number of carbonyl (C=O) groups is 3. The number of nitrogens with zero attached hydrogens (tertiary/aromatic N) is 5. The number of hydrogen-bond acceptors (Lipinski definition) is 12. The Morgan fingerprint density at radius 3 is 2.22 bits per heavy atom. The Morgan fingerprint density at radius 2 is 1.51 bits per heavy atom. The van der Waals surface area contributed by atoms with E-state index in [9.17, 15) is 14.4 Å². The second kappa shape index (κ2) is 18.8. The highest BCUT2D eigenvalue weighted by Gasteiger charge is 2.36. The fourth-order valence-corrected chi connectivity index (χ4v) is 8.15. The zero-order chi connectivity index (χ0) is 44.0. The average Bonchev–Trinajstić information content (AvgIpc) is 3.89. The van der Waals surface area contributed by atoms with Crippen LogP contribution in [0.2, 0.25) is 0 Å². The number of anilines is 3. The fourth-order valence-electron chi connectivity index (χ4n) is 8.15. The Bertz CT molecular complexity index is 2590. The number of fused-ring (bicyclic) bond motifs is 5. The molecule has 0 aliphatic carbocycles. The van der Waals surface area contributed by atoms with Gasteiger partial charge in [-0.3, -0.25) is 29.3 Å². The highest BCUT2D eigenvalue weighted by atomic mass is 16.5. The zero-order valence-electron chi connectivity index (χ0n) is 35.8. The number of carbonyl (C=O) groups excluding carboxylic acids is 3. The van der Waals surface area contributed by atoms with Gasteiger partial charge in [0.05, 0.1) is 69.5 Å². The Balaban J connectivity index is 1.03. The topological polar surface area (TPSA) is 141 Å². The van der Waals surface area contributed by atoms with E-state index >= 15 is 0 Å². The number of benzene rings is 5. The van der Waals surface area contributed by atoms with Crippen LogP contribution in [0.25, 0.3) is 0 Å². The predicted octanol–water partition coefficient (Wildman–Crippen LogP) is 7.70. The summed E-state index contributed by atoms with van der Waals surface area (Å²) in [5.74, 6) is 0.922. The van der Waals surface area contributed by atoms with Crippen molar-refractivity contribution in [3.63, 3.8) is 0 Å². The molecule has 0 aromatic heterocycles. The molecular weight excluding hydrogens is 803 g/mol. The van der Waals surface area contributed by atoms with Gasteiger partial charge in [-0.15, -0.1) is 0 Å². The quantitative estimate of drug-likeness (QED) is 0.0519. The Morgan fingerprint density at radius 1 is 0.825 bits per heavy atom. The van der Waals surface area contributed by atoms with E-state index < -0.39 is 0 Å². The van der Waals surface area contributed by atoms with Crippen LogP contribution < -0.4 is 33.6 Å². The summed E-state index contributed by atoms with van der Waals surface area (Å²) in [6.07, 6.45) is 3.45. The molecule has 3 aliphatic rings. The van der Waals surface area contributed by atoms with Crippen LogP contribution in [0.5, 0.6) is 23.0 Å². The van der Waals surface area contributed by atoms with Gasteiger partial charge in [-0.05, 0) is 77.9 Å². The molecule has 1 atom stereocenters. The molecule has 5 aromatic carbocycles. The number of para-hydroxylation sites is 2. The first-order valence-corrected chi connectivity index (χ1v) is 20.7. The van der Waals surface area contributed by atoms with E-state index in [1.807, 2.05) is 84.9 Å².